The molecule has 0 bridgehead atoms. The van der Waals surface area contributed by atoms with Gasteiger partial charge in [0.1, 0.15) is 5.02 Å². The molecule has 1 aromatic carbocycles. The molecule has 0 radical (unpaired) electrons. The summed E-state index contributed by atoms with van der Waals surface area (Å²) in [4.78, 5) is 14.5. The Morgan fingerprint density at radius 2 is 1.81 bits per heavy atom. The van der Waals surface area contributed by atoms with Crippen LogP contribution in [-0.4, -0.2) is 32.7 Å². The van der Waals surface area contributed by atoms with Crippen molar-refractivity contribution in [1.82, 2.24) is 19.6 Å². The summed E-state index contributed by atoms with van der Waals surface area (Å²) < 4.78 is 3.21. The van der Waals surface area contributed by atoms with Gasteiger partial charge in [0.15, 0.2) is 0 Å². The lowest BCUT2D eigenvalue weighted by Crippen LogP contribution is -2.35. The van der Waals surface area contributed by atoms with Crippen LogP contribution in [0.3, 0.4) is 0 Å². The molecule has 1 aliphatic heterocycles. The highest BCUT2D eigenvalue weighted by Gasteiger charge is 2.22. The normalized spacial score (nSPS) is 15.3. The molecule has 9 heteroatoms. The van der Waals surface area contributed by atoms with E-state index in [0.29, 0.717) is 16.8 Å². The summed E-state index contributed by atoms with van der Waals surface area (Å²) in [6, 6.07) is 7.78. The molecule has 0 N–H and O–H groups in total. The maximum absolute atomic E-state index is 12.3. The number of anilines is 1. The Hall–Kier alpha value is -2.02. The smallest absolute Gasteiger partial charge is 0.291 e. The van der Waals surface area contributed by atoms with Crippen molar-refractivity contribution in [2.45, 2.75) is 18.9 Å². The van der Waals surface area contributed by atoms with Crippen LogP contribution in [0, 0.1) is 0 Å². The molecule has 1 fully saturated rings. The average Bonchev–Trinajstić information content (AvgIpc) is 3.21. The molecular formula is C18H16Cl3N5O. The Morgan fingerprint density at radius 1 is 1.04 bits per heavy atom. The highest BCUT2D eigenvalue weighted by molar-refractivity contribution is 6.41. The molecule has 4 rings (SSSR count). The average molecular weight is 425 g/mol. The van der Waals surface area contributed by atoms with Crippen molar-refractivity contribution >= 4 is 40.5 Å². The predicted octanol–water partition coefficient (Wildman–Crippen LogP) is 4.23. The van der Waals surface area contributed by atoms with Gasteiger partial charge >= 0.3 is 0 Å². The van der Waals surface area contributed by atoms with Crippen LogP contribution in [0.5, 0.6) is 0 Å². The van der Waals surface area contributed by atoms with Crippen molar-refractivity contribution in [2.24, 2.45) is 0 Å². The number of halogens is 3. The molecule has 3 aromatic rings. The lowest BCUT2D eigenvalue weighted by atomic mass is 10.0. The Balaban J connectivity index is 1.55. The molecule has 27 heavy (non-hydrogen) atoms. The van der Waals surface area contributed by atoms with E-state index in [2.05, 4.69) is 15.1 Å². The van der Waals surface area contributed by atoms with Crippen molar-refractivity contribution in [3.05, 3.63) is 68.3 Å². The molecule has 0 saturated carbocycles. The highest BCUT2D eigenvalue weighted by Crippen LogP contribution is 2.32. The molecule has 6 nitrogen and oxygen atoms in total. The van der Waals surface area contributed by atoms with Gasteiger partial charge in [-0.15, -0.1) is 0 Å². The minimum Gasteiger partial charge on any atom is -0.370 e. The first kappa shape index (κ1) is 18.3. The van der Waals surface area contributed by atoms with Crippen molar-refractivity contribution in [3.63, 3.8) is 0 Å². The van der Waals surface area contributed by atoms with Gasteiger partial charge in [0.05, 0.1) is 33.7 Å². The monoisotopic (exact) mass is 423 g/mol. The van der Waals surface area contributed by atoms with Gasteiger partial charge in [-0.1, -0.05) is 34.8 Å². The van der Waals surface area contributed by atoms with E-state index in [9.17, 15) is 4.79 Å². The fraction of sp³-hybridized carbons (Fsp3) is 0.278. The van der Waals surface area contributed by atoms with Gasteiger partial charge in [-0.2, -0.15) is 14.9 Å². The van der Waals surface area contributed by atoms with E-state index in [-0.39, 0.29) is 10.0 Å². The fourth-order valence-electron chi connectivity index (χ4n) is 3.35. The van der Waals surface area contributed by atoms with Gasteiger partial charge < -0.3 is 4.90 Å². The number of nitrogens with zero attached hydrogens (tertiary/aromatic N) is 5. The Morgan fingerprint density at radius 3 is 2.48 bits per heavy atom. The number of piperidine rings is 1. The quantitative estimate of drug-likeness (QED) is 0.631. The van der Waals surface area contributed by atoms with E-state index >= 15 is 0 Å². The Labute approximate surface area is 170 Å². The first-order chi connectivity index (χ1) is 13.0. The summed E-state index contributed by atoms with van der Waals surface area (Å²) in [5.41, 5.74) is 0.999. The molecule has 0 atom stereocenters. The zero-order valence-electron chi connectivity index (χ0n) is 14.2. The molecule has 0 amide bonds. The van der Waals surface area contributed by atoms with Crippen LogP contribution in [0.4, 0.5) is 5.69 Å². The first-order valence-corrected chi connectivity index (χ1v) is 9.65. The standard InChI is InChI=1S/C18H16Cl3N5O/c19-14-10-13(26-18(27)17(21)15(20)11-23-26)2-3-16(14)24-8-4-12(5-9-24)25-7-1-6-22-25/h1-3,6-7,10-12H,4-5,8-9H2. The molecule has 140 valence electrons. The second-order valence-corrected chi connectivity index (χ2v) is 7.56. The summed E-state index contributed by atoms with van der Waals surface area (Å²) in [6.45, 7) is 1.77. The second-order valence-electron chi connectivity index (χ2n) is 6.36. The van der Waals surface area contributed by atoms with Crippen molar-refractivity contribution in [1.29, 1.82) is 0 Å². The second kappa shape index (κ2) is 7.54. The Kier molecular flexibility index (Phi) is 5.12. The number of rotatable bonds is 3. The molecule has 0 aliphatic carbocycles. The summed E-state index contributed by atoms with van der Waals surface area (Å²) in [6.07, 6.45) is 7.14. The zero-order chi connectivity index (χ0) is 19.0. The van der Waals surface area contributed by atoms with Crippen LogP contribution in [0.15, 0.2) is 47.7 Å². The van der Waals surface area contributed by atoms with Gasteiger partial charge in [-0.05, 0) is 37.1 Å². The summed E-state index contributed by atoms with van der Waals surface area (Å²) in [5, 5.41) is 8.99. The van der Waals surface area contributed by atoms with E-state index in [0.717, 1.165) is 31.6 Å². The van der Waals surface area contributed by atoms with Crippen LogP contribution in [-0.2, 0) is 0 Å². The lowest BCUT2D eigenvalue weighted by Gasteiger charge is -2.34. The van der Waals surface area contributed by atoms with E-state index in [1.54, 1.807) is 18.3 Å². The molecular weight excluding hydrogens is 409 g/mol. The van der Waals surface area contributed by atoms with E-state index in [1.165, 1.54) is 10.9 Å². The minimum absolute atomic E-state index is 0.0624. The topological polar surface area (TPSA) is 56.0 Å². The molecule has 0 spiro atoms. The van der Waals surface area contributed by atoms with Gasteiger partial charge in [0.25, 0.3) is 5.56 Å². The van der Waals surface area contributed by atoms with E-state index in [4.69, 9.17) is 34.8 Å². The fourth-order valence-corrected chi connectivity index (χ4v) is 3.90. The molecule has 1 saturated heterocycles. The molecule has 0 unspecified atom stereocenters. The predicted molar refractivity (Wildman–Crippen MR) is 108 cm³/mol. The largest absolute Gasteiger partial charge is 0.370 e. The van der Waals surface area contributed by atoms with Crippen molar-refractivity contribution < 1.29 is 0 Å². The Bertz CT molecular complexity index is 1010. The lowest BCUT2D eigenvalue weighted by molar-refractivity contribution is 0.367. The SMILES string of the molecule is O=c1c(Cl)c(Cl)cnn1-c1ccc(N2CCC(n3cccn3)CC2)c(Cl)c1. The third-order valence-corrected chi connectivity index (χ3v) is 5.81. The van der Waals surface area contributed by atoms with Gasteiger partial charge in [0.2, 0.25) is 0 Å². The zero-order valence-corrected chi connectivity index (χ0v) is 16.5. The maximum Gasteiger partial charge on any atom is 0.291 e. The maximum atomic E-state index is 12.3. The molecule has 3 heterocycles. The third-order valence-electron chi connectivity index (χ3n) is 4.76. The van der Waals surface area contributed by atoms with Crippen LogP contribution in [0.25, 0.3) is 5.69 Å². The molecule has 2 aromatic heterocycles. The van der Waals surface area contributed by atoms with Crippen LogP contribution >= 0.6 is 34.8 Å². The van der Waals surface area contributed by atoms with Crippen molar-refractivity contribution in [2.75, 3.05) is 18.0 Å². The number of hydrogen-bond donors (Lipinski definition) is 0. The molecule has 1 aliphatic rings. The summed E-state index contributed by atoms with van der Waals surface area (Å²) in [7, 11) is 0. The highest BCUT2D eigenvalue weighted by atomic mass is 35.5. The van der Waals surface area contributed by atoms with Gasteiger partial charge in [0, 0.05) is 25.5 Å². The van der Waals surface area contributed by atoms with Crippen LogP contribution < -0.4 is 10.5 Å². The van der Waals surface area contributed by atoms with E-state index in [1.807, 2.05) is 23.0 Å². The van der Waals surface area contributed by atoms with E-state index < -0.39 is 5.56 Å². The number of benzene rings is 1. The summed E-state index contributed by atoms with van der Waals surface area (Å²) >= 11 is 18.3. The van der Waals surface area contributed by atoms with Crippen LogP contribution in [0.1, 0.15) is 18.9 Å². The first-order valence-electron chi connectivity index (χ1n) is 8.52. The van der Waals surface area contributed by atoms with Gasteiger partial charge in [-0.25, -0.2) is 0 Å². The van der Waals surface area contributed by atoms with Gasteiger partial charge in [-0.3, -0.25) is 9.48 Å². The van der Waals surface area contributed by atoms with Crippen molar-refractivity contribution in [3.8, 4) is 5.69 Å². The third kappa shape index (κ3) is 3.57. The minimum atomic E-state index is -0.479. The number of hydrogen-bond acceptors (Lipinski definition) is 4. The van der Waals surface area contributed by atoms with Crippen LogP contribution in [0.2, 0.25) is 15.1 Å². The number of aromatic nitrogens is 4. The summed E-state index contributed by atoms with van der Waals surface area (Å²) in [5.74, 6) is 0.